The summed E-state index contributed by atoms with van der Waals surface area (Å²) in [6.07, 6.45) is -4.41. The molecular formula is C13H12F3N. The smallest absolute Gasteiger partial charge is 0.316 e. The molecule has 2 N–H and O–H groups in total. The Labute approximate surface area is 97.0 Å². The lowest BCUT2D eigenvalue weighted by Crippen LogP contribution is -2.29. The van der Waals surface area contributed by atoms with Gasteiger partial charge in [0, 0.05) is 0 Å². The van der Waals surface area contributed by atoms with Gasteiger partial charge in [-0.15, -0.1) is 0 Å². The summed E-state index contributed by atoms with van der Waals surface area (Å²) in [6.45, 7) is 1.65. The summed E-state index contributed by atoms with van der Waals surface area (Å²) in [4.78, 5) is 0. The van der Waals surface area contributed by atoms with Gasteiger partial charge in [-0.25, -0.2) is 0 Å². The summed E-state index contributed by atoms with van der Waals surface area (Å²) < 4.78 is 37.8. The molecule has 90 valence electrons. The highest BCUT2D eigenvalue weighted by Gasteiger charge is 2.38. The van der Waals surface area contributed by atoms with Crippen molar-refractivity contribution in [2.45, 2.75) is 19.1 Å². The highest BCUT2D eigenvalue weighted by atomic mass is 19.4. The molecule has 0 heterocycles. The summed E-state index contributed by atoms with van der Waals surface area (Å²) in [5.74, 6) is 0. The van der Waals surface area contributed by atoms with Crippen molar-refractivity contribution in [3.63, 3.8) is 0 Å². The van der Waals surface area contributed by atoms with Crippen LogP contribution in [0.1, 0.15) is 17.2 Å². The molecule has 4 heteroatoms. The fourth-order valence-corrected chi connectivity index (χ4v) is 1.88. The van der Waals surface area contributed by atoms with Crippen molar-refractivity contribution in [1.29, 1.82) is 0 Å². The second kappa shape index (κ2) is 4.04. The van der Waals surface area contributed by atoms with Crippen LogP contribution in [0.25, 0.3) is 10.8 Å². The molecular weight excluding hydrogens is 227 g/mol. The summed E-state index contributed by atoms with van der Waals surface area (Å²) in [6, 6.07) is 8.62. The second-order valence-electron chi connectivity index (χ2n) is 4.08. The number of halogens is 3. The molecule has 1 atom stereocenters. The predicted octanol–water partition coefficient (Wildman–Crippen LogP) is 3.71. The van der Waals surface area contributed by atoms with Crippen LogP contribution in [0, 0.1) is 6.92 Å². The third kappa shape index (κ3) is 2.26. The molecule has 2 rings (SSSR count). The molecule has 0 aliphatic carbocycles. The first-order chi connectivity index (χ1) is 7.89. The van der Waals surface area contributed by atoms with Gasteiger partial charge in [0.15, 0.2) is 0 Å². The first-order valence-electron chi connectivity index (χ1n) is 5.21. The van der Waals surface area contributed by atoms with Crippen molar-refractivity contribution in [2.75, 3.05) is 0 Å². The van der Waals surface area contributed by atoms with Crippen LogP contribution in [-0.2, 0) is 0 Å². The van der Waals surface area contributed by atoms with Gasteiger partial charge in [-0.3, -0.25) is 0 Å². The molecule has 0 saturated heterocycles. The molecule has 2 aromatic rings. The third-order valence-electron chi connectivity index (χ3n) is 2.82. The molecule has 0 aromatic heterocycles. The quantitative estimate of drug-likeness (QED) is 0.806. The highest BCUT2D eigenvalue weighted by molar-refractivity contribution is 5.84. The predicted molar refractivity (Wildman–Crippen MR) is 61.7 cm³/mol. The number of benzene rings is 2. The van der Waals surface area contributed by atoms with E-state index in [9.17, 15) is 13.2 Å². The SMILES string of the molecule is Cc1cc2ccccc2cc1C(N)C(F)(F)F. The van der Waals surface area contributed by atoms with E-state index in [4.69, 9.17) is 5.73 Å². The van der Waals surface area contributed by atoms with Crippen molar-refractivity contribution in [1.82, 2.24) is 0 Å². The highest BCUT2D eigenvalue weighted by Crippen LogP contribution is 2.33. The molecule has 1 unspecified atom stereocenters. The number of hydrogen-bond donors (Lipinski definition) is 1. The molecule has 1 nitrogen and oxygen atoms in total. The molecule has 0 aliphatic heterocycles. The minimum atomic E-state index is -4.41. The Bertz CT molecular complexity index is 546. The van der Waals surface area contributed by atoms with Crippen LogP contribution >= 0.6 is 0 Å². The zero-order chi connectivity index (χ0) is 12.6. The molecule has 0 aliphatic rings. The fourth-order valence-electron chi connectivity index (χ4n) is 1.88. The lowest BCUT2D eigenvalue weighted by atomic mass is 9.97. The van der Waals surface area contributed by atoms with Gasteiger partial charge in [-0.2, -0.15) is 13.2 Å². The average molecular weight is 239 g/mol. The van der Waals surface area contributed by atoms with Gasteiger partial charge in [0.1, 0.15) is 6.04 Å². The Morgan fingerprint density at radius 3 is 2.12 bits per heavy atom. The molecule has 0 radical (unpaired) electrons. The Hall–Kier alpha value is -1.55. The first-order valence-corrected chi connectivity index (χ1v) is 5.21. The second-order valence-corrected chi connectivity index (χ2v) is 4.08. The minimum absolute atomic E-state index is 0.135. The Morgan fingerprint density at radius 2 is 1.59 bits per heavy atom. The summed E-state index contributed by atoms with van der Waals surface area (Å²) in [7, 11) is 0. The Balaban J connectivity index is 2.58. The van der Waals surface area contributed by atoms with Crippen LogP contribution in [0.2, 0.25) is 0 Å². The van der Waals surface area contributed by atoms with Crippen LogP contribution in [0.4, 0.5) is 13.2 Å². The molecule has 0 bridgehead atoms. The van der Waals surface area contributed by atoms with Gasteiger partial charge < -0.3 is 5.73 Å². The van der Waals surface area contributed by atoms with E-state index in [-0.39, 0.29) is 5.56 Å². The largest absolute Gasteiger partial charge is 0.407 e. The van der Waals surface area contributed by atoms with E-state index < -0.39 is 12.2 Å². The fraction of sp³-hybridized carbons (Fsp3) is 0.231. The van der Waals surface area contributed by atoms with Gasteiger partial charge in [0.25, 0.3) is 0 Å². The molecule has 0 saturated carbocycles. The summed E-state index contributed by atoms with van der Waals surface area (Å²) in [5.41, 5.74) is 5.94. The molecule has 17 heavy (non-hydrogen) atoms. The van der Waals surface area contributed by atoms with Gasteiger partial charge >= 0.3 is 6.18 Å². The van der Waals surface area contributed by atoms with E-state index in [0.29, 0.717) is 5.56 Å². The summed E-state index contributed by atoms with van der Waals surface area (Å²) >= 11 is 0. The normalized spacial score (nSPS) is 13.9. The third-order valence-corrected chi connectivity index (χ3v) is 2.82. The molecule has 0 amide bonds. The first kappa shape index (κ1) is 11.9. The Morgan fingerprint density at radius 1 is 1.06 bits per heavy atom. The molecule has 0 fully saturated rings. The van der Waals surface area contributed by atoms with E-state index in [1.807, 2.05) is 12.1 Å². The lowest BCUT2D eigenvalue weighted by molar-refractivity contribution is -0.149. The van der Waals surface area contributed by atoms with Gasteiger partial charge in [0.05, 0.1) is 0 Å². The lowest BCUT2D eigenvalue weighted by Gasteiger charge is -2.18. The molecule has 0 spiro atoms. The van der Waals surface area contributed by atoms with Gasteiger partial charge in [-0.05, 0) is 34.9 Å². The van der Waals surface area contributed by atoms with Crippen LogP contribution in [0.15, 0.2) is 36.4 Å². The minimum Gasteiger partial charge on any atom is -0.316 e. The van der Waals surface area contributed by atoms with Crippen LogP contribution in [0.3, 0.4) is 0 Å². The number of alkyl halides is 3. The number of aryl methyl sites for hydroxylation is 1. The zero-order valence-corrected chi connectivity index (χ0v) is 9.25. The topological polar surface area (TPSA) is 26.0 Å². The van der Waals surface area contributed by atoms with Crippen LogP contribution in [-0.4, -0.2) is 6.18 Å². The van der Waals surface area contributed by atoms with Gasteiger partial charge in [0.2, 0.25) is 0 Å². The van der Waals surface area contributed by atoms with Crippen molar-refractivity contribution >= 4 is 10.8 Å². The monoisotopic (exact) mass is 239 g/mol. The van der Waals surface area contributed by atoms with E-state index >= 15 is 0 Å². The number of fused-ring (bicyclic) bond motifs is 1. The van der Waals surface area contributed by atoms with Crippen LogP contribution < -0.4 is 5.73 Å². The maximum atomic E-state index is 12.6. The Kier molecular flexibility index (Phi) is 2.83. The van der Waals surface area contributed by atoms with Crippen molar-refractivity contribution in [2.24, 2.45) is 5.73 Å². The van der Waals surface area contributed by atoms with Crippen molar-refractivity contribution in [3.05, 3.63) is 47.5 Å². The van der Waals surface area contributed by atoms with Crippen molar-refractivity contribution < 1.29 is 13.2 Å². The van der Waals surface area contributed by atoms with E-state index in [1.165, 1.54) is 6.07 Å². The number of rotatable bonds is 1. The maximum absolute atomic E-state index is 12.6. The zero-order valence-electron chi connectivity index (χ0n) is 9.25. The number of nitrogens with two attached hydrogens (primary N) is 1. The maximum Gasteiger partial charge on any atom is 0.407 e. The van der Waals surface area contributed by atoms with E-state index in [2.05, 4.69) is 0 Å². The van der Waals surface area contributed by atoms with E-state index in [1.54, 1.807) is 25.1 Å². The van der Waals surface area contributed by atoms with Gasteiger partial charge in [-0.1, -0.05) is 30.3 Å². The average Bonchev–Trinajstić information content (AvgIpc) is 2.26. The van der Waals surface area contributed by atoms with E-state index in [0.717, 1.165) is 10.8 Å². The molecule has 2 aromatic carbocycles. The standard InChI is InChI=1S/C13H12F3N/c1-8-6-9-4-2-3-5-10(9)7-11(8)12(17)13(14,15)16/h2-7,12H,17H2,1H3. The summed E-state index contributed by atoms with van der Waals surface area (Å²) in [5, 5.41) is 1.69. The van der Waals surface area contributed by atoms with Crippen LogP contribution in [0.5, 0.6) is 0 Å². The van der Waals surface area contributed by atoms with Crippen molar-refractivity contribution in [3.8, 4) is 0 Å². The number of hydrogen-bond acceptors (Lipinski definition) is 1.